The zero-order valence-electron chi connectivity index (χ0n) is 6.80. The molecule has 0 spiro atoms. The van der Waals surface area contributed by atoms with E-state index in [1.165, 1.54) is 7.11 Å². The molecule has 0 amide bonds. The van der Waals surface area contributed by atoms with Crippen molar-refractivity contribution < 1.29 is 14.3 Å². The highest BCUT2D eigenvalue weighted by Crippen LogP contribution is 2.03. The number of hydrogen-bond acceptors (Lipinski definition) is 3. The van der Waals surface area contributed by atoms with Gasteiger partial charge in [0.05, 0.1) is 13.7 Å². The molecule has 3 nitrogen and oxygen atoms in total. The molecule has 0 heterocycles. The van der Waals surface area contributed by atoms with Crippen LogP contribution >= 0.6 is 22.6 Å². The minimum atomic E-state index is -0.221. The van der Waals surface area contributed by atoms with Gasteiger partial charge in [-0.3, -0.25) is 4.79 Å². The van der Waals surface area contributed by atoms with E-state index in [-0.39, 0.29) is 9.89 Å². The highest BCUT2D eigenvalue weighted by molar-refractivity contribution is 14.1. The summed E-state index contributed by atoms with van der Waals surface area (Å²) < 4.78 is 9.50. The van der Waals surface area contributed by atoms with Gasteiger partial charge in [-0.05, 0) is 6.42 Å². The first kappa shape index (κ1) is 11.2. The van der Waals surface area contributed by atoms with E-state index in [0.717, 1.165) is 6.42 Å². The fourth-order valence-electron chi connectivity index (χ4n) is 0.527. The Bertz CT molecular complexity index is 116. The molecule has 0 aromatic rings. The maximum atomic E-state index is 10.8. The predicted octanol–water partition coefficient (Wildman–Crippen LogP) is 1.39. The molecule has 0 saturated heterocycles. The standard InChI is InChI=1S/C7H13IO3/c1-3-4-11-5-6(8)7(9)10-2/h6H,3-5H2,1-2H3. The van der Waals surface area contributed by atoms with Crippen LogP contribution in [-0.4, -0.2) is 30.2 Å². The molecule has 0 aliphatic carbocycles. The van der Waals surface area contributed by atoms with Crippen molar-refractivity contribution in [3.8, 4) is 0 Å². The van der Waals surface area contributed by atoms with Gasteiger partial charge < -0.3 is 9.47 Å². The fraction of sp³-hybridized carbons (Fsp3) is 0.857. The Kier molecular flexibility index (Phi) is 6.94. The minimum absolute atomic E-state index is 0.177. The SMILES string of the molecule is CCCOCC(I)C(=O)OC. The Morgan fingerprint density at radius 1 is 1.64 bits per heavy atom. The van der Waals surface area contributed by atoms with Crippen molar-refractivity contribution in [2.24, 2.45) is 0 Å². The second-order valence-electron chi connectivity index (χ2n) is 2.07. The van der Waals surface area contributed by atoms with Gasteiger partial charge in [-0.25, -0.2) is 0 Å². The second kappa shape index (κ2) is 6.84. The van der Waals surface area contributed by atoms with Crippen molar-refractivity contribution >= 4 is 28.6 Å². The van der Waals surface area contributed by atoms with Gasteiger partial charge >= 0.3 is 5.97 Å². The Morgan fingerprint density at radius 2 is 2.27 bits per heavy atom. The molecule has 0 aromatic heterocycles. The maximum absolute atomic E-state index is 10.8. The van der Waals surface area contributed by atoms with Crippen LogP contribution in [0.1, 0.15) is 13.3 Å². The van der Waals surface area contributed by atoms with E-state index >= 15 is 0 Å². The van der Waals surface area contributed by atoms with E-state index in [0.29, 0.717) is 13.2 Å². The lowest BCUT2D eigenvalue weighted by Crippen LogP contribution is -2.21. The van der Waals surface area contributed by atoms with E-state index in [2.05, 4.69) is 4.74 Å². The number of esters is 1. The van der Waals surface area contributed by atoms with Gasteiger partial charge in [-0.15, -0.1) is 0 Å². The molecule has 4 heteroatoms. The Labute approximate surface area is 80.6 Å². The van der Waals surface area contributed by atoms with Gasteiger partial charge in [0, 0.05) is 6.61 Å². The Hall–Kier alpha value is 0.160. The molecule has 0 aliphatic heterocycles. The third-order valence-electron chi connectivity index (χ3n) is 1.07. The van der Waals surface area contributed by atoms with E-state index in [9.17, 15) is 4.79 Å². The summed E-state index contributed by atoms with van der Waals surface area (Å²) in [6.07, 6.45) is 0.977. The average Bonchev–Trinajstić information content (AvgIpc) is 2.03. The number of halogens is 1. The molecule has 0 radical (unpaired) electrons. The van der Waals surface area contributed by atoms with E-state index in [1.54, 1.807) is 0 Å². The Morgan fingerprint density at radius 3 is 2.73 bits per heavy atom. The number of alkyl halides is 1. The van der Waals surface area contributed by atoms with Gasteiger partial charge in [0.15, 0.2) is 0 Å². The van der Waals surface area contributed by atoms with Crippen molar-refractivity contribution in [3.05, 3.63) is 0 Å². The number of carbonyl (C=O) groups excluding carboxylic acids is 1. The summed E-state index contributed by atoms with van der Waals surface area (Å²) in [6.45, 7) is 3.18. The smallest absolute Gasteiger partial charge is 0.321 e. The van der Waals surface area contributed by atoms with Gasteiger partial charge in [0.2, 0.25) is 0 Å². The van der Waals surface area contributed by atoms with Crippen molar-refractivity contribution in [3.63, 3.8) is 0 Å². The summed E-state index contributed by atoms with van der Waals surface area (Å²) in [7, 11) is 1.38. The van der Waals surface area contributed by atoms with Crippen LogP contribution in [0.3, 0.4) is 0 Å². The van der Waals surface area contributed by atoms with Gasteiger partial charge in [-0.1, -0.05) is 29.5 Å². The molecule has 0 N–H and O–H groups in total. The Balaban J connectivity index is 3.36. The molecule has 11 heavy (non-hydrogen) atoms. The number of carbonyl (C=O) groups is 1. The van der Waals surface area contributed by atoms with Crippen LogP contribution in [0.2, 0.25) is 0 Å². The van der Waals surface area contributed by atoms with E-state index in [1.807, 2.05) is 29.5 Å². The molecule has 0 aliphatic rings. The zero-order valence-corrected chi connectivity index (χ0v) is 8.96. The zero-order chi connectivity index (χ0) is 8.69. The predicted molar refractivity (Wildman–Crippen MR) is 50.9 cm³/mol. The first-order chi connectivity index (χ1) is 5.22. The summed E-state index contributed by atoms with van der Waals surface area (Å²) in [5, 5.41) is 0. The average molecular weight is 272 g/mol. The second-order valence-corrected chi connectivity index (χ2v) is 3.57. The topological polar surface area (TPSA) is 35.5 Å². The minimum Gasteiger partial charge on any atom is -0.468 e. The number of methoxy groups -OCH3 is 1. The van der Waals surface area contributed by atoms with Gasteiger partial charge in [0.25, 0.3) is 0 Å². The van der Waals surface area contributed by atoms with E-state index in [4.69, 9.17) is 4.74 Å². The molecule has 66 valence electrons. The third-order valence-corrected chi connectivity index (χ3v) is 1.94. The molecule has 0 aromatic carbocycles. The largest absolute Gasteiger partial charge is 0.468 e. The van der Waals surface area contributed by atoms with Crippen molar-refractivity contribution in [1.82, 2.24) is 0 Å². The summed E-state index contributed by atoms with van der Waals surface area (Å²) >= 11 is 2.01. The highest BCUT2D eigenvalue weighted by Gasteiger charge is 2.14. The quantitative estimate of drug-likeness (QED) is 0.328. The summed E-state index contributed by atoms with van der Waals surface area (Å²) in [4.78, 5) is 10.8. The third kappa shape index (κ3) is 5.43. The fourth-order valence-corrected chi connectivity index (χ4v) is 1.04. The molecular formula is C7H13IO3. The molecule has 0 bridgehead atoms. The van der Waals surface area contributed by atoms with Crippen LogP contribution in [-0.2, 0) is 14.3 Å². The van der Waals surface area contributed by atoms with Crippen LogP contribution in [0, 0.1) is 0 Å². The molecular weight excluding hydrogens is 259 g/mol. The van der Waals surface area contributed by atoms with Crippen LogP contribution in [0.5, 0.6) is 0 Å². The lowest BCUT2D eigenvalue weighted by atomic mass is 10.4. The van der Waals surface area contributed by atoms with E-state index < -0.39 is 0 Å². The normalized spacial score (nSPS) is 12.6. The maximum Gasteiger partial charge on any atom is 0.321 e. The molecule has 1 unspecified atom stereocenters. The molecule has 0 fully saturated rings. The summed E-state index contributed by atoms with van der Waals surface area (Å²) in [5.74, 6) is -0.221. The summed E-state index contributed by atoms with van der Waals surface area (Å²) in [6, 6.07) is 0. The first-order valence-corrected chi connectivity index (χ1v) is 4.76. The lowest BCUT2D eigenvalue weighted by molar-refractivity contribution is -0.140. The van der Waals surface area contributed by atoms with Crippen molar-refractivity contribution in [1.29, 1.82) is 0 Å². The van der Waals surface area contributed by atoms with Crippen LogP contribution < -0.4 is 0 Å². The molecule has 0 saturated carbocycles. The van der Waals surface area contributed by atoms with Crippen LogP contribution in [0.4, 0.5) is 0 Å². The lowest BCUT2D eigenvalue weighted by Gasteiger charge is -2.06. The van der Waals surface area contributed by atoms with Gasteiger partial charge in [-0.2, -0.15) is 0 Å². The van der Waals surface area contributed by atoms with Gasteiger partial charge in [0.1, 0.15) is 3.92 Å². The highest BCUT2D eigenvalue weighted by atomic mass is 127. The number of ether oxygens (including phenoxy) is 2. The number of rotatable bonds is 5. The molecule has 1 atom stereocenters. The van der Waals surface area contributed by atoms with Crippen LogP contribution in [0.15, 0.2) is 0 Å². The van der Waals surface area contributed by atoms with Crippen molar-refractivity contribution in [2.45, 2.75) is 17.3 Å². The van der Waals surface area contributed by atoms with Crippen LogP contribution in [0.25, 0.3) is 0 Å². The summed E-state index contributed by atoms with van der Waals surface area (Å²) in [5.41, 5.74) is 0. The first-order valence-electron chi connectivity index (χ1n) is 3.52. The molecule has 0 rings (SSSR count). The van der Waals surface area contributed by atoms with Crippen molar-refractivity contribution in [2.75, 3.05) is 20.3 Å². The monoisotopic (exact) mass is 272 g/mol. The number of hydrogen-bond donors (Lipinski definition) is 0.